The van der Waals surface area contributed by atoms with E-state index in [1.54, 1.807) is 12.1 Å². The Labute approximate surface area is 105 Å². The number of aldehydes is 1. The van der Waals surface area contributed by atoms with E-state index in [4.69, 9.17) is 11.6 Å². The molecule has 0 radical (unpaired) electrons. The third-order valence-corrected chi connectivity index (χ3v) is 3.62. The number of piperidine rings is 1. The molecule has 1 aliphatic heterocycles. The molecule has 2 nitrogen and oxygen atoms in total. The fourth-order valence-corrected chi connectivity index (χ4v) is 2.38. The molecule has 1 aromatic rings. The molecule has 1 heterocycles. The molecule has 4 heteroatoms. The zero-order valence-corrected chi connectivity index (χ0v) is 10.3. The van der Waals surface area contributed by atoms with Crippen LogP contribution in [0.25, 0.3) is 0 Å². The Morgan fingerprint density at radius 3 is 2.71 bits per heavy atom. The molecule has 92 valence electrons. The molecule has 1 aliphatic rings. The highest BCUT2D eigenvalue weighted by Crippen LogP contribution is 2.23. The van der Waals surface area contributed by atoms with Gasteiger partial charge >= 0.3 is 0 Å². The average Bonchev–Trinajstić information content (AvgIpc) is 2.35. The maximum absolute atomic E-state index is 13.6. The average molecular weight is 256 g/mol. The van der Waals surface area contributed by atoms with Crippen molar-refractivity contribution >= 4 is 17.9 Å². The Morgan fingerprint density at radius 2 is 2.12 bits per heavy atom. The van der Waals surface area contributed by atoms with Crippen LogP contribution in [-0.4, -0.2) is 24.3 Å². The Morgan fingerprint density at radius 1 is 1.41 bits per heavy atom. The van der Waals surface area contributed by atoms with Crippen LogP contribution in [0.15, 0.2) is 18.2 Å². The zero-order valence-electron chi connectivity index (χ0n) is 9.53. The van der Waals surface area contributed by atoms with Gasteiger partial charge in [0, 0.05) is 23.0 Å². The van der Waals surface area contributed by atoms with Gasteiger partial charge in [-0.25, -0.2) is 4.39 Å². The molecule has 0 spiro atoms. The van der Waals surface area contributed by atoms with Gasteiger partial charge in [-0.1, -0.05) is 17.7 Å². The van der Waals surface area contributed by atoms with Crippen molar-refractivity contribution in [1.29, 1.82) is 0 Å². The monoisotopic (exact) mass is 255 g/mol. The minimum absolute atomic E-state index is 0.169. The molecule has 1 saturated heterocycles. The van der Waals surface area contributed by atoms with Gasteiger partial charge in [-0.2, -0.15) is 0 Å². The lowest BCUT2D eigenvalue weighted by molar-refractivity contribution is -0.112. The highest BCUT2D eigenvalue weighted by Gasteiger charge is 2.20. The van der Waals surface area contributed by atoms with E-state index in [0.717, 1.165) is 32.2 Å². The molecule has 1 fully saturated rings. The van der Waals surface area contributed by atoms with Crippen LogP contribution in [0, 0.1) is 11.7 Å². The number of likely N-dealkylation sites (tertiary alicyclic amines) is 1. The van der Waals surface area contributed by atoms with Crippen LogP contribution in [0.2, 0.25) is 5.02 Å². The quantitative estimate of drug-likeness (QED) is 0.774. The smallest absolute Gasteiger partial charge is 0.129 e. The normalized spacial score (nSPS) is 18.2. The fourth-order valence-electron chi connectivity index (χ4n) is 2.15. The summed E-state index contributed by atoms with van der Waals surface area (Å²) in [5.74, 6) is -0.0858. The first-order valence-electron chi connectivity index (χ1n) is 5.81. The van der Waals surface area contributed by atoms with Gasteiger partial charge in [0.2, 0.25) is 0 Å². The van der Waals surface area contributed by atoms with E-state index in [9.17, 15) is 9.18 Å². The maximum Gasteiger partial charge on any atom is 0.129 e. The van der Waals surface area contributed by atoms with Crippen LogP contribution in [0.3, 0.4) is 0 Å². The van der Waals surface area contributed by atoms with Crippen molar-refractivity contribution in [1.82, 2.24) is 4.90 Å². The lowest BCUT2D eigenvalue weighted by Gasteiger charge is -2.29. The second-order valence-corrected chi connectivity index (χ2v) is 4.86. The van der Waals surface area contributed by atoms with Crippen LogP contribution in [-0.2, 0) is 11.3 Å². The molecule has 0 aliphatic carbocycles. The van der Waals surface area contributed by atoms with Crippen molar-refractivity contribution in [3.05, 3.63) is 34.6 Å². The van der Waals surface area contributed by atoms with Crippen LogP contribution in [0.4, 0.5) is 4.39 Å². The summed E-state index contributed by atoms with van der Waals surface area (Å²) in [4.78, 5) is 12.8. The Balaban J connectivity index is 2.00. The zero-order chi connectivity index (χ0) is 12.3. The van der Waals surface area contributed by atoms with Gasteiger partial charge in [-0.15, -0.1) is 0 Å². The lowest BCUT2D eigenvalue weighted by atomic mass is 9.98. The summed E-state index contributed by atoms with van der Waals surface area (Å²) in [6.07, 6.45) is 2.73. The summed E-state index contributed by atoms with van der Waals surface area (Å²) in [6.45, 7) is 2.18. The maximum atomic E-state index is 13.6. The second-order valence-electron chi connectivity index (χ2n) is 4.45. The number of benzene rings is 1. The predicted octanol–water partition coefficient (Wildman–Crippen LogP) is 2.89. The van der Waals surface area contributed by atoms with Gasteiger partial charge in [0.1, 0.15) is 12.1 Å². The lowest BCUT2D eigenvalue weighted by Crippen LogP contribution is -2.33. The number of hydrogen-bond donors (Lipinski definition) is 0. The topological polar surface area (TPSA) is 20.3 Å². The third kappa shape index (κ3) is 3.05. The molecule has 0 aromatic heterocycles. The molecule has 0 atom stereocenters. The van der Waals surface area contributed by atoms with Crippen LogP contribution in [0.1, 0.15) is 18.4 Å². The first kappa shape index (κ1) is 12.5. The minimum atomic E-state index is -0.255. The Bertz CT molecular complexity index is 382. The number of carbonyl (C=O) groups excluding carboxylic acids is 1. The number of halogens is 2. The Hall–Kier alpha value is -0.930. The summed E-state index contributed by atoms with van der Waals surface area (Å²) >= 11 is 5.98. The SMILES string of the molecule is O=CC1CCN(Cc2c(F)cccc2Cl)CC1. The van der Waals surface area contributed by atoms with Crippen LogP contribution >= 0.6 is 11.6 Å². The van der Waals surface area contributed by atoms with E-state index >= 15 is 0 Å². The molecular formula is C13H15ClFNO. The largest absolute Gasteiger partial charge is 0.303 e. The number of rotatable bonds is 3. The van der Waals surface area contributed by atoms with E-state index in [0.29, 0.717) is 17.1 Å². The number of carbonyl (C=O) groups is 1. The molecule has 1 aromatic carbocycles. The first-order valence-corrected chi connectivity index (χ1v) is 6.19. The van der Waals surface area contributed by atoms with Crippen LogP contribution < -0.4 is 0 Å². The van der Waals surface area contributed by atoms with E-state index in [1.807, 2.05) is 0 Å². The van der Waals surface area contributed by atoms with Crippen molar-refractivity contribution < 1.29 is 9.18 Å². The molecule has 0 amide bonds. The second kappa shape index (κ2) is 5.61. The van der Waals surface area contributed by atoms with Crippen LogP contribution in [0.5, 0.6) is 0 Å². The third-order valence-electron chi connectivity index (χ3n) is 3.27. The van der Waals surface area contributed by atoms with Crippen molar-refractivity contribution in [2.24, 2.45) is 5.92 Å². The Kier molecular flexibility index (Phi) is 4.13. The summed E-state index contributed by atoms with van der Waals surface area (Å²) in [7, 11) is 0. The summed E-state index contributed by atoms with van der Waals surface area (Å²) in [5, 5.41) is 0.475. The van der Waals surface area contributed by atoms with Gasteiger partial charge in [-0.05, 0) is 38.1 Å². The predicted molar refractivity (Wildman–Crippen MR) is 65.5 cm³/mol. The number of hydrogen-bond acceptors (Lipinski definition) is 2. The van der Waals surface area contributed by atoms with Gasteiger partial charge in [-0.3, -0.25) is 4.90 Å². The van der Waals surface area contributed by atoms with E-state index in [2.05, 4.69) is 4.90 Å². The molecule has 0 saturated carbocycles. The van der Waals surface area contributed by atoms with Crippen molar-refractivity contribution in [2.75, 3.05) is 13.1 Å². The van der Waals surface area contributed by atoms with E-state index in [-0.39, 0.29) is 11.7 Å². The van der Waals surface area contributed by atoms with Crippen molar-refractivity contribution in [3.8, 4) is 0 Å². The van der Waals surface area contributed by atoms with Crippen molar-refractivity contribution in [3.63, 3.8) is 0 Å². The van der Waals surface area contributed by atoms with Gasteiger partial charge in [0.25, 0.3) is 0 Å². The highest BCUT2D eigenvalue weighted by atomic mass is 35.5. The molecule has 0 N–H and O–H groups in total. The summed E-state index contributed by atoms with van der Waals surface area (Å²) in [5.41, 5.74) is 0.554. The highest BCUT2D eigenvalue weighted by molar-refractivity contribution is 6.31. The van der Waals surface area contributed by atoms with Gasteiger partial charge < -0.3 is 4.79 Å². The van der Waals surface area contributed by atoms with E-state index in [1.165, 1.54) is 6.07 Å². The first-order chi connectivity index (χ1) is 8.20. The van der Waals surface area contributed by atoms with Gasteiger partial charge in [0.15, 0.2) is 0 Å². The van der Waals surface area contributed by atoms with Crippen molar-refractivity contribution in [2.45, 2.75) is 19.4 Å². The molecule has 2 rings (SSSR count). The molecule has 0 unspecified atom stereocenters. The van der Waals surface area contributed by atoms with Gasteiger partial charge in [0.05, 0.1) is 0 Å². The summed E-state index contributed by atoms with van der Waals surface area (Å²) in [6, 6.07) is 4.75. The number of nitrogens with zero attached hydrogens (tertiary/aromatic N) is 1. The standard InChI is InChI=1S/C13H15ClFNO/c14-12-2-1-3-13(15)11(12)8-16-6-4-10(9-17)5-7-16/h1-3,9-10H,4-8H2. The van der Waals surface area contributed by atoms with E-state index < -0.39 is 0 Å². The molecular weight excluding hydrogens is 241 g/mol. The minimum Gasteiger partial charge on any atom is -0.303 e. The molecule has 17 heavy (non-hydrogen) atoms. The summed E-state index contributed by atoms with van der Waals surface area (Å²) < 4.78 is 13.6. The fraction of sp³-hybridized carbons (Fsp3) is 0.462. The molecule has 0 bridgehead atoms.